The maximum atomic E-state index is 4.38. The van der Waals surface area contributed by atoms with Crippen LogP contribution in [0.2, 0.25) is 0 Å². The second kappa shape index (κ2) is 5.28. The van der Waals surface area contributed by atoms with Crippen LogP contribution in [0.3, 0.4) is 0 Å². The third-order valence-corrected chi connectivity index (χ3v) is 3.97. The molecule has 0 aliphatic carbocycles. The zero-order valence-electron chi connectivity index (χ0n) is 13.1. The van der Waals surface area contributed by atoms with Crippen LogP contribution in [0.1, 0.15) is 26.5 Å². The number of aromatic amines is 1. The summed E-state index contributed by atoms with van der Waals surface area (Å²) in [4.78, 5) is 7.85. The third-order valence-electron chi connectivity index (χ3n) is 3.97. The summed E-state index contributed by atoms with van der Waals surface area (Å²) in [6, 6.07) is 8.85. The normalized spacial score (nSPS) is 11.5. The number of para-hydroxylation sites is 1. The molecule has 3 rings (SSSR count). The molecule has 0 aliphatic rings. The largest absolute Gasteiger partial charge is 0.358 e. The fourth-order valence-electron chi connectivity index (χ4n) is 3.05. The Morgan fingerprint density at radius 3 is 2.76 bits per heavy atom. The number of aryl methyl sites for hydroxylation is 1. The van der Waals surface area contributed by atoms with E-state index in [4.69, 9.17) is 0 Å². The van der Waals surface area contributed by atoms with E-state index in [9.17, 15) is 0 Å². The lowest BCUT2D eigenvalue weighted by molar-refractivity contribution is 0.535. The first kappa shape index (κ1) is 13.7. The highest BCUT2D eigenvalue weighted by Crippen LogP contribution is 2.32. The molecule has 2 aromatic heterocycles. The molecule has 2 heterocycles. The molecule has 0 saturated heterocycles. The van der Waals surface area contributed by atoms with Crippen LogP contribution in [-0.2, 0) is 0 Å². The second-order valence-corrected chi connectivity index (χ2v) is 5.64. The van der Waals surface area contributed by atoms with Crippen LogP contribution < -0.4 is 5.01 Å². The van der Waals surface area contributed by atoms with Crippen LogP contribution in [0.15, 0.2) is 36.8 Å². The molecule has 4 heteroatoms. The molecule has 0 aliphatic heterocycles. The Morgan fingerprint density at radius 1 is 1.29 bits per heavy atom. The minimum atomic E-state index is 0.425. The second-order valence-electron chi connectivity index (χ2n) is 5.64. The number of nitrogens with zero attached hydrogens (tertiary/aromatic N) is 3. The lowest BCUT2D eigenvalue weighted by atomic mass is 10.1. The highest BCUT2D eigenvalue weighted by Gasteiger charge is 2.18. The number of hydrogen-bond donors (Lipinski definition) is 1. The van der Waals surface area contributed by atoms with Crippen molar-refractivity contribution in [1.82, 2.24) is 14.6 Å². The topological polar surface area (TPSA) is 36.9 Å². The van der Waals surface area contributed by atoms with Crippen LogP contribution in [0.5, 0.6) is 0 Å². The van der Waals surface area contributed by atoms with Gasteiger partial charge in [-0.05, 0) is 33.8 Å². The molecule has 0 amide bonds. The first-order chi connectivity index (χ1) is 10.1. The number of rotatable bonds is 4. The monoisotopic (exact) mass is 282 g/mol. The minimum absolute atomic E-state index is 0.425. The highest BCUT2D eigenvalue weighted by atomic mass is 15.6. The van der Waals surface area contributed by atoms with Gasteiger partial charge in [0.2, 0.25) is 0 Å². The van der Waals surface area contributed by atoms with Crippen molar-refractivity contribution in [3.05, 3.63) is 42.5 Å². The molecule has 0 spiro atoms. The van der Waals surface area contributed by atoms with Gasteiger partial charge in [-0.3, -0.25) is 0 Å². The van der Waals surface area contributed by atoms with Gasteiger partial charge < -0.3 is 9.99 Å². The van der Waals surface area contributed by atoms with Gasteiger partial charge in [0.15, 0.2) is 0 Å². The molecule has 1 N–H and O–H groups in total. The molecular weight excluding hydrogens is 260 g/mol. The lowest BCUT2D eigenvalue weighted by Crippen LogP contribution is -2.40. The van der Waals surface area contributed by atoms with Crippen molar-refractivity contribution in [2.45, 2.75) is 33.7 Å². The van der Waals surface area contributed by atoms with Gasteiger partial charge in [0, 0.05) is 34.7 Å². The van der Waals surface area contributed by atoms with Crippen LogP contribution >= 0.6 is 0 Å². The summed E-state index contributed by atoms with van der Waals surface area (Å²) in [7, 11) is 0. The Kier molecular flexibility index (Phi) is 3.45. The number of imidazole rings is 1. The molecular formula is C17H22N4. The SMILES string of the molecule is CCN(C(C)C)n1cncc1-c1c(C)[nH]c2ccccc12. The molecule has 0 saturated carbocycles. The fraction of sp³-hybridized carbons (Fsp3) is 0.353. The van der Waals surface area contributed by atoms with Gasteiger partial charge in [0.25, 0.3) is 0 Å². The Balaban J connectivity index is 2.21. The third kappa shape index (κ3) is 2.20. The summed E-state index contributed by atoms with van der Waals surface area (Å²) in [5, 5.41) is 3.56. The van der Waals surface area contributed by atoms with Crippen LogP contribution in [0.4, 0.5) is 0 Å². The minimum Gasteiger partial charge on any atom is -0.358 e. The molecule has 0 bridgehead atoms. The van der Waals surface area contributed by atoms with E-state index >= 15 is 0 Å². The van der Waals surface area contributed by atoms with Gasteiger partial charge in [-0.15, -0.1) is 0 Å². The Morgan fingerprint density at radius 2 is 2.05 bits per heavy atom. The number of H-pyrrole nitrogens is 1. The predicted molar refractivity (Wildman–Crippen MR) is 88.2 cm³/mol. The van der Waals surface area contributed by atoms with Crippen molar-refractivity contribution >= 4 is 10.9 Å². The Bertz CT molecular complexity index is 751. The average molecular weight is 282 g/mol. The summed E-state index contributed by atoms with van der Waals surface area (Å²) in [5.41, 5.74) is 4.73. The first-order valence-electron chi connectivity index (χ1n) is 7.50. The highest BCUT2D eigenvalue weighted by molar-refractivity contribution is 5.96. The maximum absolute atomic E-state index is 4.38. The zero-order valence-corrected chi connectivity index (χ0v) is 13.1. The molecule has 0 unspecified atom stereocenters. The number of hydrogen-bond acceptors (Lipinski definition) is 2. The molecule has 0 atom stereocenters. The van der Waals surface area contributed by atoms with Crippen molar-refractivity contribution in [3.8, 4) is 11.3 Å². The summed E-state index contributed by atoms with van der Waals surface area (Å²) in [5.74, 6) is 0. The predicted octanol–water partition coefficient (Wildman–Crippen LogP) is 3.71. The lowest BCUT2D eigenvalue weighted by Gasteiger charge is -2.29. The van der Waals surface area contributed by atoms with E-state index in [1.54, 1.807) is 0 Å². The van der Waals surface area contributed by atoms with E-state index in [1.165, 1.54) is 22.2 Å². The van der Waals surface area contributed by atoms with E-state index in [2.05, 4.69) is 71.6 Å². The van der Waals surface area contributed by atoms with Gasteiger partial charge in [0.05, 0.1) is 11.9 Å². The molecule has 0 fully saturated rings. The van der Waals surface area contributed by atoms with E-state index < -0.39 is 0 Å². The van der Waals surface area contributed by atoms with Crippen LogP contribution in [0.25, 0.3) is 22.2 Å². The maximum Gasteiger partial charge on any atom is 0.115 e. The number of benzene rings is 1. The van der Waals surface area contributed by atoms with Crippen molar-refractivity contribution < 1.29 is 0 Å². The fourth-order valence-corrected chi connectivity index (χ4v) is 3.05. The molecule has 1 aromatic carbocycles. The molecule has 21 heavy (non-hydrogen) atoms. The van der Waals surface area contributed by atoms with Gasteiger partial charge in [0.1, 0.15) is 6.33 Å². The summed E-state index contributed by atoms with van der Waals surface area (Å²) < 4.78 is 2.17. The smallest absolute Gasteiger partial charge is 0.115 e. The summed E-state index contributed by atoms with van der Waals surface area (Å²) in [6.07, 6.45) is 3.85. The Labute approximate surface area is 125 Å². The van der Waals surface area contributed by atoms with E-state index in [-0.39, 0.29) is 0 Å². The molecule has 4 nitrogen and oxygen atoms in total. The van der Waals surface area contributed by atoms with Gasteiger partial charge in [-0.25, -0.2) is 9.66 Å². The molecule has 0 radical (unpaired) electrons. The standard InChI is InChI=1S/C17H22N4/c1-5-20(12(2)3)21-11-18-10-16(21)17-13(4)19-15-9-7-6-8-14(15)17/h6-12,19H,5H2,1-4H3. The average Bonchev–Trinajstić information content (AvgIpc) is 3.02. The summed E-state index contributed by atoms with van der Waals surface area (Å²) >= 11 is 0. The van der Waals surface area contributed by atoms with Crippen molar-refractivity contribution in [1.29, 1.82) is 0 Å². The van der Waals surface area contributed by atoms with E-state index in [0.29, 0.717) is 6.04 Å². The molecule has 3 aromatic rings. The van der Waals surface area contributed by atoms with Crippen LogP contribution in [0, 0.1) is 6.92 Å². The van der Waals surface area contributed by atoms with Gasteiger partial charge in [-0.2, -0.15) is 0 Å². The number of fused-ring (bicyclic) bond motifs is 1. The quantitative estimate of drug-likeness (QED) is 0.792. The van der Waals surface area contributed by atoms with E-state index in [1.807, 2.05) is 12.5 Å². The number of aromatic nitrogens is 3. The van der Waals surface area contributed by atoms with Crippen molar-refractivity contribution in [2.24, 2.45) is 0 Å². The van der Waals surface area contributed by atoms with Crippen molar-refractivity contribution in [3.63, 3.8) is 0 Å². The first-order valence-corrected chi connectivity index (χ1v) is 7.50. The van der Waals surface area contributed by atoms with Crippen LogP contribution in [-0.4, -0.2) is 27.2 Å². The zero-order chi connectivity index (χ0) is 15.0. The number of nitrogens with one attached hydrogen (secondary N) is 1. The van der Waals surface area contributed by atoms with Gasteiger partial charge in [-0.1, -0.05) is 18.2 Å². The van der Waals surface area contributed by atoms with Crippen molar-refractivity contribution in [2.75, 3.05) is 11.6 Å². The van der Waals surface area contributed by atoms with E-state index in [0.717, 1.165) is 12.2 Å². The van der Waals surface area contributed by atoms with Gasteiger partial charge >= 0.3 is 0 Å². The Hall–Kier alpha value is -2.23. The summed E-state index contributed by atoms with van der Waals surface area (Å²) in [6.45, 7) is 9.65. The molecule has 110 valence electrons.